The smallest absolute Gasteiger partial charge is 0.373 e. The van der Waals surface area contributed by atoms with Gasteiger partial charge >= 0.3 is 5.97 Å². The van der Waals surface area contributed by atoms with Crippen LogP contribution < -0.4 is 10.6 Å². The van der Waals surface area contributed by atoms with Crippen molar-refractivity contribution in [1.82, 2.24) is 10.6 Å². The Morgan fingerprint density at radius 3 is 2.89 bits per heavy atom. The van der Waals surface area contributed by atoms with Gasteiger partial charge in [-0.3, -0.25) is 4.79 Å². The highest BCUT2D eigenvalue weighted by Gasteiger charge is 2.22. The number of hydrogen-bond donors (Lipinski definition) is 2. The molecular formula is C12H16N2O4. The molecule has 0 aliphatic heterocycles. The Kier molecular flexibility index (Phi) is 3.99. The summed E-state index contributed by atoms with van der Waals surface area (Å²) in [6, 6.07) is 3.60. The summed E-state index contributed by atoms with van der Waals surface area (Å²) < 4.78 is 9.77. The number of furan rings is 1. The number of ether oxygens (including phenoxy) is 1. The van der Waals surface area contributed by atoms with Crippen LogP contribution in [0.15, 0.2) is 16.5 Å². The second-order valence-corrected chi connectivity index (χ2v) is 4.20. The first-order chi connectivity index (χ1) is 8.69. The average Bonchev–Trinajstić information content (AvgIpc) is 3.04. The Hall–Kier alpha value is -1.82. The molecule has 0 bridgehead atoms. The molecule has 0 atom stereocenters. The fraction of sp³-hybridized carbons (Fsp3) is 0.500. The molecule has 1 aliphatic rings. The molecule has 1 aromatic rings. The van der Waals surface area contributed by atoms with Gasteiger partial charge in [-0.1, -0.05) is 0 Å². The Morgan fingerprint density at radius 1 is 1.44 bits per heavy atom. The topological polar surface area (TPSA) is 80.6 Å². The zero-order valence-electron chi connectivity index (χ0n) is 10.2. The highest BCUT2D eigenvalue weighted by atomic mass is 16.5. The van der Waals surface area contributed by atoms with Crippen molar-refractivity contribution in [3.05, 3.63) is 23.7 Å². The van der Waals surface area contributed by atoms with Gasteiger partial charge in [0.05, 0.1) is 20.2 Å². The van der Waals surface area contributed by atoms with E-state index >= 15 is 0 Å². The van der Waals surface area contributed by atoms with Gasteiger partial charge in [0.2, 0.25) is 11.7 Å². The third-order valence-corrected chi connectivity index (χ3v) is 2.58. The van der Waals surface area contributed by atoms with E-state index in [0.717, 1.165) is 12.8 Å². The van der Waals surface area contributed by atoms with Crippen molar-refractivity contribution in [1.29, 1.82) is 0 Å². The average molecular weight is 252 g/mol. The summed E-state index contributed by atoms with van der Waals surface area (Å²) in [6.45, 7) is 0.639. The van der Waals surface area contributed by atoms with Gasteiger partial charge in [0, 0.05) is 6.04 Å². The van der Waals surface area contributed by atoms with Gasteiger partial charge in [-0.2, -0.15) is 0 Å². The number of esters is 1. The second kappa shape index (κ2) is 5.68. The Bertz CT molecular complexity index is 437. The maximum atomic E-state index is 11.4. The monoisotopic (exact) mass is 252 g/mol. The third-order valence-electron chi connectivity index (χ3n) is 2.58. The Labute approximate surface area is 105 Å². The maximum Gasteiger partial charge on any atom is 0.373 e. The fourth-order valence-corrected chi connectivity index (χ4v) is 1.49. The van der Waals surface area contributed by atoms with Gasteiger partial charge in [0.15, 0.2) is 0 Å². The van der Waals surface area contributed by atoms with E-state index in [1.54, 1.807) is 12.1 Å². The van der Waals surface area contributed by atoms with E-state index in [2.05, 4.69) is 15.4 Å². The van der Waals surface area contributed by atoms with E-state index in [0.29, 0.717) is 18.3 Å². The molecule has 1 saturated carbocycles. The van der Waals surface area contributed by atoms with E-state index in [9.17, 15) is 9.59 Å². The van der Waals surface area contributed by atoms with Crippen LogP contribution in [0.3, 0.4) is 0 Å². The highest BCUT2D eigenvalue weighted by molar-refractivity contribution is 5.86. The predicted octanol–water partition coefficient (Wildman–Crippen LogP) is 0.434. The van der Waals surface area contributed by atoms with Crippen molar-refractivity contribution in [2.75, 3.05) is 13.7 Å². The number of methoxy groups -OCH3 is 1. The van der Waals surface area contributed by atoms with E-state index in [4.69, 9.17) is 4.42 Å². The first-order valence-electron chi connectivity index (χ1n) is 5.86. The van der Waals surface area contributed by atoms with E-state index < -0.39 is 5.97 Å². The van der Waals surface area contributed by atoms with Gasteiger partial charge in [-0.15, -0.1) is 0 Å². The fourth-order valence-electron chi connectivity index (χ4n) is 1.49. The normalized spacial score (nSPS) is 14.3. The van der Waals surface area contributed by atoms with Crippen LogP contribution in [-0.2, 0) is 16.1 Å². The van der Waals surface area contributed by atoms with Crippen molar-refractivity contribution in [3.63, 3.8) is 0 Å². The highest BCUT2D eigenvalue weighted by Crippen LogP contribution is 2.18. The number of amides is 1. The third kappa shape index (κ3) is 3.59. The molecule has 1 amide bonds. The van der Waals surface area contributed by atoms with Crippen molar-refractivity contribution >= 4 is 11.9 Å². The summed E-state index contributed by atoms with van der Waals surface area (Å²) in [4.78, 5) is 22.5. The lowest BCUT2D eigenvalue weighted by Crippen LogP contribution is -2.34. The first kappa shape index (κ1) is 12.6. The number of carbonyl (C=O) groups excluding carboxylic acids is 2. The molecule has 6 nitrogen and oxygen atoms in total. The van der Waals surface area contributed by atoms with Crippen LogP contribution in [-0.4, -0.2) is 31.6 Å². The van der Waals surface area contributed by atoms with Crippen molar-refractivity contribution in [2.24, 2.45) is 0 Å². The van der Waals surface area contributed by atoms with Gasteiger partial charge < -0.3 is 19.8 Å². The SMILES string of the molecule is COC(=O)c1ccc(CNCC(=O)NC2CC2)o1. The number of carbonyl (C=O) groups is 2. The van der Waals surface area contributed by atoms with Gasteiger partial charge in [0.25, 0.3) is 0 Å². The molecular weight excluding hydrogens is 236 g/mol. The van der Waals surface area contributed by atoms with Crippen LogP contribution in [0.4, 0.5) is 0 Å². The molecule has 1 heterocycles. The van der Waals surface area contributed by atoms with Gasteiger partial charge in [-0.25, -0.2) is 4.79 Å². The summed E-state index contributed by atoms with van der Waals surface area (Å²) >= 11 is 0. The minimum absolute atomic E-state index is 0.0164. The number of hydrogen-bond acceptors (Lipinski definition) is 5. The molecule has 2 N–H and O–H groups in total. The lowest BCUT2D eigenvalue weighted by atomic mass is 10.4. The zero-order valence-corrected chi connectivity index (χ0v) is 10.2. The molecule has 1 aliphatic carbocycles. The van der Waals surface area contributed by atoms with Crippen molar-refractivity contribution < 1.29 is 18.7 Å². The maximum absolute atomic E-state index is 11.4. The van der Waals surface area contributed by atoms with Gasteiger partial charge in [0.1, 0.15) is 5.76 Å². The van der Waals surface area contributed by atoms with Crippen LogP contribution in [0.2, 0.25) is 0 Å². The Morgan fingerprint density at radius 2 is 2.22 bits per heavy atom. The van der Waals surface area contributed by atoms with E-state index in [-0.39, 0.29) is 18.2 Å². The standard InChI is InChI=1S/C12H16N2O4/c1-17-12(16)10-5-4-9(18-10)6-13-7-11(15)14-8-2-3-8/h4-5,8,13H,2-3,6-7H2,1H3,(H,14,15). The van der Waals surface area contributed by atoms with Crippen LogP contribution in [0.25, 0.3) is 0 Å². The lowest BCUT2D eigenvalue weighted by molar-refractivity contribution is -0.120. The molecule has 6 heteroatoms. The lowest BCUT2D eigenvalue weighted by Gasteiger charge is -2.03. The molecule has 18 heavy (non-hydrogen) atoms. The molecule has 0 aromatic carbocycles. The summed E-state index contributed by atoms with van der Waals surface area (Å²) in [5.41, 5.74) is 0. The summed E-state index contributed by atoms with van der Waals surface area (Å²) in [6.07, 6.45) is 2.15. The number of rotatable bonds is 6. The largest absolute Gasteiger partial charge is 0.463 e. The molecule has 0 radical (unpaired) electrons. The molecule has 0 saturated heterocycles. The van der Waals surface area contributed by atoms with Crippen LogP contribution in [0.5, 0.6) is 0 Å². The molecule has 0 spiro atoms. The predicted molar refractivity (Wildman–Crippen MR) is 62.9 cm³/mol. The Balaban J connectivity index is 1.70. The molecule has 1 fully saturated rings. The van der Waals surface area contributed by atoms with Crippen molar-refractivity contribution in [2.45, 2.75) is 25.4 Å². The summed E-state index contributed by atoms with van der Waals surface area (Å²) in [5.74, 6) is 0.233. The van der Waals surface area contributed by atoms with Crippen LogP contribution >= 0.6 is 0 Å². The number of nitrogens with one attached hydrogen (secondary N) is 2. The minimum Gasteiger partial charge on any atom is -0.463 e. The summed E-state index contributed by atoms with van der Waals surface area (Å²) in [7, 11) is 1.30. The quantitative estimate of drug-likeness (QED) is 0.718. The first-order valence-corrected chi connectivity index (χ1v) is 5.86. The van der Waals surface area contributed by atoms with E-state index in [1.165, 1.54) is 7.11 Å². The molecule has 98 valence electrons. The minimum atomic E-state index is -0.507. The van der Waals surface area contributed by atoms with Crippen LogP contribution in [0.1, 0.15) is 29.2 Å². The van der Waals surface area contributed by atoms with E-state index in [1.807, 2.05) is 0 Å². The molecule has 2 rings (SSSR count). The molecule has 1 aromatic heterocycles. The summed E-state index contributed by atoms with van der Waals surface area (Å²) in [5, 5.41) is 5.81. The van der Waals surface area contributed by atoms with Crippen LogP contribution in [0, 0.1) is 0 Å². The zero-order chi connectivity index (χ0) is 13.0. The second-order valence-electron chi connectivity index (χ2n) is 4.20. The van der Waals surface area contributed by atoms with Crippen molar-refractivity contribution in [3.8, 4) is 0 Å². The van der Waals surface area contributed by atoms with Gasteiger partial charge in [-0.05, 0) is 25.0 Å². The molecule has 0 unspecified atom stereocenters.